The molecule has 4 aromatic rings. The average Bonchev–Trinajstić information content (AvgIpc) is 3.15. The van der Waals surface area contributed by atoms with Crippen LogP contribution in [0.25, 0.3) is 32.6 Å². The first-order chi connectivity index (χ1) is 11.4. The van der Waals surface area contributed by atoms with E-state index in [1.165, 1.54) is 0 Å². The maximum atomic E-state index is 5.35. The summed E-state index contributed by atoms with van der Waals surface area (Å²) in [6.45, 7) is 9.97. The van der Waals surface area contributed by atoms with Crippen LogP contribution in [0.2, 0.25) is 0 Å². The fourth-order valence-electron chi connectivity index (χ4n) is 3.23. The van der Waals surface area contributed by atoms with Gasteiger partial charge in [-0.05, 0) is 52.3 Å². The maximum absolute atomic E-state index is 5.35. The number of benzene rings is 1. The normalized spacial score (nSPS) is 11.5. The highest BCUT2D eigenvalue weighted by molar-refractivity contribution is 7.15. The second-order valence-corrected chi connectivity index (χ2v) is 7.29. The summed E-state index contributed by atoms with van der Waals surface area (Å²) in [5.41, 5.74) is 7.17. The molecule has 1 aromatic carbocycles. The van der Waals surface area contributed by atoms with Crippen molar-refractivity contribution in [3.8, 4) is 21.6 Å². The van der Waals surface area contributed by atoms with Crippen LogP contribution in [-0.2, 0) is 0 Å². The van der Waals surface area contributed by atoms with E-state index in [0.717, 1.165) is 60.6 Å². The fraction of sp³-hybridized carbons (Fsp3) is 0.278. The Morgan fingerprint density at radius 2 is 1.79 bits per heavy atom. The van der Waals surface area contributed by atoms with Crippen molar-refractivity contribution in [2.24, 2.45) is 0 Å². The molecule has 0 radical (unpaired) electrons. The number of thiazole rings is 1. The molecule has 0 fully saturated rings. The van der Waals surface area contributed by atoms with Gasteiger partial charge < -0.3 is 9.51 Å². The number of rotatable bonds is 2. The smallest absolute Gasteiger partial charge is 0.141 e. The number of fused-ring (bicyclic) bond motifs is 1. The molecule has 0 unspecified atom stereocenters. The van der Waals surface area contributed by atoms with Gasteiger partial charge in [0.05, 0.1) is 32.3 Å². The first-order valence-electron chi connectivity index (χ1n) is 7.82. The van der Waals surface area contributed by atoms with Crippen molar-refractivity contribution >= 4 is 22.4 Å². The fourth-order valence-corrected chi connectivity index (χ4v) is 4.17. The van der Waals surface area contributed by atoms with E-state index in [0.29, 0.717) is 0 Å². The average molecular weight is 338 g/mol. The third kappa shape index (κ3) is 2.26. The lowest BCUT2D eigenvalue weighted by atomic mass is 9.99. The minimum atomic E-state index is 0.825. The van der Waals surface area contributed by atoms with Crippen LogP contribution in [0, 0.1) is 34.6 Å². The number of H-pyrrole nitrogens is 1. The molecule has 0 bridgehead atoms. The Bertz CT molecular complexity index is 1050. The molecule has 0 aliphatic heterocycles. The number of nitrogens with one attached hydrogen (secondary N) is 1. The summed E-state index contributed by atoms with van der Waals surface area (Å²) in [6, 6.07) is 4.30. The first-order valence-corrected chi connectivity index (χ1v) is 8.63. The van der Waals surface area contributed by atoms with Crippen molar-refractivity contribution in [3.05, 3.63) is 40.1 Å². The molecule has 5 nitrogen and oxygen atoms in total. The van der Waals surface area contributed by atoms with Crippen molar-refractivity contribution in [2.45, 2.75) is 34.6 Å². The van der Waals surface area contributed by atoms with E-state index < -0.39 is 0 Å². The molecular formula is C18H18N4OS. The van der Waals surface area contributed by atoms with Gasteiger partial charge in [0.1, 0.15) is 11.6 Å². The summed E-state index contributed by atoms with van der Waals surface area (Å²) in [4.78, 5) is 13.8. The molecule has 122 valence electrons. The number of aromatic nitrogens is 4. The van der Waals surface area contributed by atoms with Crippen LogP contribution in [0.3, 0.4) is 0 Å². The van der Waals surface area contributed by atoms with Gasteiger partial charge in [0.2, 0.25) is 0 Å². The van der Waals surface area contributed by atoms with E-state index in [1.807, 2.05) is 34.6 Å². The highest BCUT2D eigenvalue weighted by Gasteiger charge is 2.18. The van der Waals surface area contributed by atoms with Gasteiger partial charge in [-0.25, -0.2) is 9.97 Å². The quantitative estimate of drug-likeness (QED) is 0.565. The van der Waals surface area contributed by atoms with E-state index in [1.54, 1.807) is 11.3 Å². The van der Waals surface area contributed by atoms with Crippen molar-refractivity contribution in [1.29, 1.82) is 0 Å². The standard InChI is InChI=1S/C18H18N4OS/c1-8-16(10(3)23-22-8)13-6-14(18-9(2)19-12(5)24-18)17-15(7-13)20-11(4)21-17/h6-7H,1-5H3,(H,20,21). The third-order valence-corrected chi connectivity index (χ3v) is 5.28. The van der Waals surface area contributed by atoms with Crippen molar-refractivity contribution in [2.75, 3.05) is 0 Å². The van der Waals surface area contributed by atoms with Crippen LogP contribution in [0.4, 0.5) is 0 Å². The van der Waals surface area contributed by atoms with Gasteiger partial charge in [0.15, 0.2) is 0 Å². The summed E-state index contributed by atoms with van der Waals surface area (Å²) in [6.07, 6.45) is 0. The molecule has 24 heavy (non-hydrogen) atoms. The molecule has 0 aliphatic rings. The molecule has 0 atom stereocenters. The van der Waals surface area contributed by atoms with E-state index in [-0.39, 0.29) is 0 Å². The van der Waals surface area contributed by atoms with E-state index in [9.17, 15) is 0 Å². The molecule has 0 saturated heterocycles. The number of imidazole rings is 1. The first kappa shape index (κ1) is 15.1. The van der Waals surface area contributed by atoms with E-state index in [2.05, 4.69) is 27.3 Å². The zero-order chi connectivity index (χ0) is 17.0. The minimum absolute atomic E-state index is 0.825. The summed E-state index contributed by atoms with van der Waals surface area (Å²) in [7, 11) is 0. The Morgan fingerprint density at radius 3 is 2.42 bits per heavy atom. The molecule has 0 amide bonds. The van der Waals surface area contributed by atoms with Gasteiger partial charge in [0.25, 0.3) is 0 Å². The van der Waals surface area contributed by atoms with Crippen LogP contribution in [0.5, 0.6) is 0 Å². The van der Waals surface area contributed by atoms with Crippen LogP contribution < -0.4 is 0 Å². The van der Waals surface area contributed by atoms with E-state index >= 15 is 0 Å². The SMILES string of the molecule is Cc1nc2c(-c3sc(C)nc3C)cc(-c3c(C)noc3C)cc2[nH]1. The summed E-state index contributed by atoms with van der Waals surface area (Å²) >= 11 is 1.70. The molecule has 0 saturated carbocycles. The topological polar surface area (TPSA) is 67.6 Å². The molecule has 6 heteroatoms. The zero-order valence-corrected chi connectivity index (χ0v) is 15.1. The van der Waals surface area contributed by atoms with Crippen LogP contribution in [-0.4, -0.2) is 20.1 Å². The molecule has 1 N–H and O–H groups in total. The second kappa shape index (κ2) is 5.27. The van der Waals surface area contributed by atoms with Gasteiger partial charge in [0, 0.05) is 11.1 Å². The Morgan fingerprint density at radius 1 is 1.00 bits per heavy atom. The van der Waals surface area contributed by atoms with Crippen molar-refractivity contribution in [3.63, 3.8) is 0 Å². The number of nitrogens with zero attached hydrogens (tertiary/aromatic N) is 3. The lowest BCUT2D eigenvalue weighted by Crippen LogP contribution is -1.87. The molecule has 3 aromatic heterocycles. The van der Waals surface area contributed by atoms with Gasteiger partial charge in [-0.2, -0.15) is 0 Å². The predicted octanol–water partition coefficient (Wildman–Crippen LogP) is 4.88. The highest BCUT2D eigenvalue weighted by atomic mass is 32.1. The predicted molar refractivity (Wildman–Crippen MR) is 96.4 cm³/mol. The number of aryl methyl sites for hydroxylation is 5. The van der Waals surface area contributed by atoms with Crippen LogP contribution >= 0.6 is 11.3 Å². The third-order valence-electron chi connectivity index (χ3n) is 4.18. The Hall–Kier alpha value is -2.47. The van der Waals surface area contributed by atoms with Crippen LogP contribution in [0.15, 0.2) is 16.7 Å². The zero-order valence-electron chi connectivity index (χ0n) is 14.3. The second-order valence-electron chi connectivity index (χ2n) is 6.09. The molecule has 0 aliphatic carbocycles. The Labute approximate surface area is 143 Å². The van der Waals surface area contributed by atoms with Crippen LogP contribution in [0.1, 0.15) is 28.0 Å². The van der Waals surface area contributed by atoms with Crippen molar-refractivity contribution < 1.29 is 4.52 Å². The number of aromatic amines is 1. The van der Waals surface area contributed by atoms with Gasteiger partial charge >= 0.3 is 0 Å². The van der Waals surface area contributed by atoms with Gasteiger partial charge in [-0.3, -0.25) is 0 Å². The number of hydrogen-bond acceptors (Lipinski definition) is 5. The molecule has 0 spiro atoms. The Balaban J connectivity index is 2.07. The minimum Gasteiger partial charge on any atom is -0.361 e. The van der Waals surface area contributed by atoms with Gasteiger partial charge in [-0.15, -0.1) is 11.3 Å². The molecule has 4 rings (SSSR count). The van der Waals surface area contributed by atoms with E-state index in [4.69, 9.17) is 9.51 Å². The summed E-state index contributed by atoms with van der Waals surface area (Å²) in [5.74, 6) is 1.73. The molecular weight excluding hydrogens is 320 g/mol. The molecule has 3 heterocycles. The summed E-state index contributed by atoms with van der Waals surface area (Å²) < 4.78 is 5.35. The summed E-state index contributed by atoms with van der Waals surface area (Å²) in [5, 5.41) is 5.15. The Kier molecular flexibility index (Phi) is 3.31. The lowest BCUT2D eigenvalue weighted by Gasteiger charge is -2.06. The lowest BCUT2D eigenvalue weighted by molar-refractivity contribution is 0.393. The highest BCUT2D eigenvalue weighted by Crippen LogP contribution is 2.38. The largest absolute Gasteiger partial charge is 0.361 e. The van der Waals surface area contributed by atoms with Crippen molar-refractivity contribution in [1.82, 2.24) is 20.1 Å². The number of hydrogen-bond donors (Lipinski definition) is 1. The monoisotopic (exact) mass is 338 g/mol. The maximum Gasteiger partial charge on any atom is 0.141 e. The van der Waals surface area contributed by atoms with Gasteiger partial charge in [-0.1, -0.05) is 5.16 Å².